The SMILES string of the molecule is CCC(C/C(N)=N/O)OCCc1scnc1C. The molecule has 0 fully saturated rings. The highest BCUT2D eigenvalue weighted by Crippen LogP contribution is 2.13. The molecule has 6 heteroatoms. The third kappa shape index (κ3) is 4.70. The van der Waals surface area contributed by atoms with Crippen molar-refractivity contribution in [3.63, 3.8) is 0 Å². The summed E-state index contributed by atoms with van der Waals surface area (Å²) in [6.07, 6.45) is 2.19. The van der Waals surface area contributed by atoms with E-state index in [4.69, 9.17) is 15.7 Å². The van der Waals surface area contributed by atoms with Crippen LogP contribution in [0.25, 0.3) is 0 Å². The number of rotatable bonds is 7. The lowest BCUT2D eigenvalue weighted by molar-refractivity contribution is 0.0574. The molecule has 0 bridgehead atoms. The van der Waals surface area contributed by atoms with Crippen LogP contribution in [-0.4, -0.2) is 28.7 Å². The van der Waals surface area contributed by atoms with E-state index in [0.717, 1.165) is 18.5 Å². The van der Waals surface area contributed by atoms with Crippen molar-refractivity contribution < 1.29 is 9.94 Å². The van der Waals surface area contributed by atoms with Gasteiger partial charge < -0.3 is 15.7 Å². The molecule has 0 spiro atoms. The maximum atomic E-state index is 8.49. The van der Waals surface area contributed by atoms with Gasteiger partial charge in [0.15, 0.2) is 0 Å². The molecular weight excluding hydrogens is 238 g/mol. The number of hydrogen-bond donors (Lipinski definition) is 2. The van der Waals surface area contributed by atoms with Gasteiger partial charge in [0.1, 0.15) is 5.84 Å². The second-order valence-corrected chi connectivity index (χ2v) is 4.75. The molecular formula is C11H19N3O2S. The van der Waals surface area contributed by atoms with Crippen molar-refractivity contribution in [3.8, 4) is 0 Å². The summed E-state index contributed by atoms with van der Waals surface area (Å²) in [5.41, 5.74) is 8.37. The van der Waals surface area contributed by atoms with E-state index in [1.165, 1.54) is 4.88 Å². The van der Waals surface area contributed by atoms with Gasteiger partial charge in [-0.05, 0) is 13.3 Å². The van der Waals surface area contributed by atoms with Gasteiger partial charge in [-0.25, -0.2) is 4.98 Å². The van der Waals surface area contributed by atoms with Gasteiger partial charge in [0.05, 0.1) is 23.9 Å². The van der Waals surface area contributed by atoms with Crippen LogP contribution in [0.4, 0.5) is 0 Å². The lowest BCUT2D eigenvalue weighted by Crippen LogP contribution is -2.23. The van der Waals surface area contributed by atoms with Gasteiger partial charge in [-0.2, -0.15) is 0 Å². The van der Waals surface area contributed by atoms with Gasteiger partial charge >= 0.3 is 0 Å². The highest BCUT2D eigenvalue weighted by molar-refractivity contribution is 7.09. The summed E-state index contributed by atoms with van der Waals surface area (Å²) >= 11 is 1.65. The molecule has 3 N–H and O–H groups in total. The third-order valence-electron chi connectivity index (χ3n) is 2.55. The summed E-state index contributed by atoms with van der Waals surface area (Å²) < 4.78 is 5.70. The summed E-state index contributed by atoms with van der Waals surface area (Å²) in [6.45, 7) is 4.66. The fraction of sp³-hybridized carbons (Fsp3) is 0.636. The average molecular weight is 257 g/mol. The summed E-state index contributed by atoms with van der Waals surface area (Å²) in [4.78, 5) is 5.44. The predicted molar refractivity (Wildman–Crippen MR) is 68.6 cm³/mol. The maximum absolute atomic E-state index is 8.49. The highest BCUT2D eigenvalue weighted by Gasteiger charge is 2.10. The minimum atomic E-state index is 0.0131. The Morgan fingerprint density at radius 3 is 3.00 bits per heavy atom. The van der Waals surface area contributed by atoms with E-state index in [1.54, 1.807) is 11.3 Å². The van der Waals surface area contributed by atoms with E-state index in [-0.39, 0.29) is 11.9 Å². The van der Waals surface area contributed by atoms with Gasteiger partial charge in [0.25, 0.3) is 0 Å². The van der Waals surface area contributed by atoms with Gasteiger partial charge in [-0.1, -0.05) is 12.1 Å². The summed E-state index contributed by atoms with van der Waals surface area (Å²) in [5, 5.41) is 11.4. The smallest absolute Gasteiger partial charge is 0.141 e. The number of aromatic nitrogens is 1. The number of thiazole rings is 1. The largest absolute Gasteiger partial charge is 0.409 e. The predicted octanol–water partition coefficient (Wildman–Crippen LogP) is 1.93. The summed E-state index contributed by atoms with van der Waals surface area (Å²) in [5.74, 6) is 0.214. The van der Waals surface area contributed by atoms with Gasteiger partial charge in [-0.15, -0.1) is 11.3 Å². The van der Waals surface area contributed by atoms with Crippen LogP contribution in [0.15, 0.2) is 10.7 Å². The Morgan fingerprint density at radius 1 is 1.71 bits per heavy atom. The van der Waals surface area contributed by atoms with Crippen molar-refractivity contribution in [2.45, 2.75) is 39.2 Å². The number of oxime groups is 1. The molecule has 0 radical (unpaired) electrons. The van der Waals surface area contributed by atoms with Crippen LogP contribution < -0.4 is 5.73 Å². The normalized spacial score (nSPS) is 13.9. The fourth-order valence-electron chi connectivity index (χ4n) is 1.48. The Morgan fingerprint density at radius 2 is 2.47 bits per heavy atom. The molecule has 0 amide bonds. The fourth-order valence-corrected chi connectivity index (χ4v) is 2.24. The van der Waals surface area contributed by atoms with Gasteiger partial charge in [-0.3, -0.25) is 0 Å². The molecule has 0 aliphatic rings. The standard InChI is InChI=1S/C11H19N3O2S/c1-3-9(6-11(12)14-15)16-5-4-10-8(2)13-7-17-10/h7,9,15H,3-6H2,1-2H3,(H2,12,14). The molecule has 0 aromatic carbocycles. The Hall–Kier alpha value is -1.14. The maximum Gasteiger partial charge on any atom is 0.141 e. The number of amidine groups is 1. The van der Waals surface area contributed by atoms with Gasteiger partial charge in [0, 0.05) is 17.7 Å². The molecule has 1 aromatic heterocycles. The molecule has 1 rings (SSSR count). The zero-order chi connectivity index (χ0) is 12.7. The topological polar surface area (TPSA) is 80.7 Å². The Bertz CT molecular complexity index is 365. The number of hydrogen-bond acceptors (Lipinski definition) is 5. The van der Waals surface area contributed by atoms with Crippen molar-refractivity contribution in [2.75, 3.05) is 6.61 Å². The monoisotopic (exact) mass is 257 g/mol. The molecule has 5 nitrogen and oxygen atoms in total. The molecule has 0 aliphatic carbocycles. The molecule has 96 valence electrons. The second kappa shape index (κ2) is 7.24. The van der Waals surface area contributed by atoms with Crippen molar-refractivity contribution in [2.24, 2.45) is 10.9 Å². The van der Waals surface area contributed by atoms with Crippen molar-refractivity contribution in [3.05, 3.63) is 16.1 Å². The molecule has 0 saturated heterocycles. The highest BCUT2D eigenvalue weighted by atomic mass is 32.1. The van der Waals surface area contributed by atoms with Crippen LogP contribution in [0, 0.1) is 6.92 Å². The van der Waals surface area contributed by atoms with Crippen molar-refractivity contribution in [1.29, 1.82) is 0 Å². The number of aryl methyl sites for hydroxylation is 1. The zero-order valence-corrected chi connectivity index (χ0v) is 11.0. The first kappa shape index (κ1) is 13.9. The van der Waals surface area contributed by atoms with E-state index in [1.807, 2.05) is 19.4 Å². The molecule has 17 heavy (non-hydrogen) atoms. The summed E-state index contributed by atoms with van der Waals surface area (Å²) in [6, 6.07) is 0. The van der Waals surface area contributed by atoms with Crippen molar-refractivity contribution in [1.82, 2.24) is 4.98 Å². The number of ether oxygens (including phenoxy) is 1. The quantitative estimate of drug-likeness (QED) is 0.338. The first-order valence-corrected chi connectivity index (χ1v) is 6.52. The van der Waals surface area contributed by atoms with E-state index in [0.29, 0.717) is 13.0 Å². The first-order chi connectivity index (χ1) is 8.17. The molecule has 1 aromatic rings. The lowest BCUT2D eigenvalue weighted by Gasteiger charge is -2.14. The number of nitrogens with two attached hydrogens (primary N) is 1. The molecule has 0 saturated carbocycles. The van der Waals surface area contributed by atoms with Crippen LogP contribution in [0.3, 0.4) is 0 Å². The van der Waals surface area contributed by atoms with E-state index in [2.05, 4.69) is 10.1 Å². The minimum absolute atomic E-state index is 0.0131. The van der Waals surface area contributed by atoms with Crippen LogP contribution in [-0.2, 0) is 11.2 Å². The minimum Gasteiger partial charge on any atom is -0.409 e. The first-order valence-electron chi connectivity index (χ1n) is 5.64. The summed E-state index contributed by atoms with van der Waals surface area (Å²) in [7, 11) is 0. The van der Waals surface area contributed by atoms with Crippen LogP contribution >= 0.6 is 11.3 Å². The molecule has 1 atom stereocenters. The zero-order valence-electron chi connectivity index (χ0n) is 10.2. The van der Waals surface area contributed by atoms with Crippen LogP contribution in [0.5, 0.6) is 0 Å². The molecule has 1 unspecified atom stereocenters. The Balaban J connectivity index is 2.31. The average Bonchev–Trinajstić information content (AvgIpc) is 2.73. The third-order valence-corrected chi connectivity index (χ3v) is 3.54. The van der Waals surface area contributed by atoms with E-state index < -0.39 is 0 Å². The van der Waals surface area contributed by atoms with Gasteiger partial charge in [0.2, 0.25) is 0 Å². The van der Waals surface area contributed by atoms with Crippen LogP contribution in [0.2, 0.25) is 0 Å². The van der Waals surface area contributed by atoms with Crippen LogP contribution in [0.1, 0.15) is 30.3 Å². The lowest BCUT2D eigenvalue weighted by atomic mass is 10.2. The molecule has 0 aliphatic heterocycles. The van der Waals surface area contributed by atoms with Crippen molar-refractivity contribution >= 4 is 17.2 Å². The van der Waals surface area contributed by atoms with E-state index >= 15 is 0 Å². The van der Waals surface area contributed by atoms with E-state index in [9.17, 15) is 0 Å². The second-order valence-electron chi connectivity index (χ2n) is 3.81. The Labute approximate surface area is 105 Å². The Kier molecular flexibility index (Phi) is 5.93. The molecule has 1 heterocycles. The number of nitrogens with zero attached hydrogens (tertiary/aromatic N) is 2.